The molecule has 2 aromatic rings. The summed E-state index contributed by atoms with van der Waals surface area (Å²) in [6.07, 6.45) is -5.08. The lowest BCUT2D eigenvalue weighted by Gasteiger charge is -2.01. The van der Waals surface area contributed by atoms with E-state index >= 15 is 0 Å². The number of benzene rings is 2. The van der Waals surface area contributed by atoms with Crippen molar-refractivity contribution in [2.24, 2.45) is 0 Å². The molecular weight excluding hydrogens is 325 g/mol. The molecule has 120 valence electrons. The molecule has 0 unspecified atom stereocenters. The number of carbonyl (C=O) groups is 1. The van der Waals surface area contributed by atoms with Crippen LogP contribution in [0.3, 0.4) is 0 Å². The smallest absolute Gasteiger partial charge is 0.475 e. The van der Waals surface area contributed by atoms with Crippen molar-refractivity contribution >= 4 is 26.9 Å². The van der Waals surface area contributed by atoms with Gasteiger partial charge in [0.15, 0.2) is 0 Å². The number of aliphatic carboxylic acids is 1. The first-order valence-corrected chi connectivity index (χ1v) is 7.13. The van der Waals surface area contributed by atoms with Gasteiger partial charge < -0.3 is 5.11 Å². The maximum Gasteiger partial charge on any atom is 0.490 e. The second-order valence-electron chi connectivity index (χ2n) is 4.29. The fourth-order valence-corrected chi connectivity index (χ4v) is 2.02. The molecule has 0 saturated carbocycles. The Kier molecular flexibility index (Phi) is 5.15. The van der Waals surface area contributed by atoms with Crippen LogP contribution >= 0.6 is 0 Å². The molecule has 0 aromatic heterocycles. The third kappa shape index (κ3) is 5.01. The average molecular weight is 336 g/mol. The van der Waals surface area contributed by atoms with E-state index in [4.69, 9.17) is 14.5 Å². The van der Waals surface area contributed by atoms with Crippen molar-refractivity contribution in [3.63, 3.8) is 0 Å². The fourth-order valence-electron chi connectivity index (χ4n) is 1.50. The lowest BCUT2D eigenvalue weighted by atomic mass is 10.1. The molecule has 0 bridgehead atoms. The van der Waals surface area contributed by atoms with Gasteiger partial charge in [-0.3, -0.25) is 4.55 Å². The van der Waals surface area contributed by atoms with E-state index in [-0.39, 0.29) is 4.90 Å². The normalized spacial score (nSPS) is 11.7. The van der Waals surface area contributed by atoms with Crippen LogP contribution in [-0.4, -0.2) is 30.2 Å². The summed E-state index contributed by atoms with van der Waals surface area (Å²) in [6, 6.07) is 10.3. The highest BCUT2D eigenvalue weighted by molar-refractivity contribution is 7.85. The molecule has 0 fully saturated rings. The van der Waals surface area contributed by atoms with Crippen LogP contribution in [0.15, 0.2) is 41.3 Å². The molecule has 0 aliphatic carbocycles. The lowest BCUT2D eigenvalue weighted by molar-refractivity contribution is -0.192. The summed E-state index contributed by atoms with van der Waals surface area (Å²) in [5.74, 6) is -2.76. The highest BCUT2D eigenvalue weighted by Gasteiger charge is 2.38. The maximum absolute atomic E-state index is 10.9. The van der Waals surface area contributed by atoms with Crippen LogP contribution in [-0.2, 0) is 14.9 Å². The van der Waals surface area contributed by atoms with Gasteiger partial charge in [0, 0.05) is 0 Å². The van der Waals surface area contributed by atoms with Gasteiger partial charge in [0.25, 0.3) is 10.1 Å². The standard InChI is InChI=1S/C11H10O3S.C2HF3O2/c1-8-2-3-9-4-5-11(15(12,13)14)7-10(9)6-8;3-2(4,5)1(6)7/h2-7H,1H3,(H,12,13,14);(H,6,7). The quantitative estimate of drug-likeness (QED) is 0.781. The number of carboxylic acid groups (broad SMARTS) is 1. The molecule has 0 aliphatic heterocycles. The minimum absolute atomic E-state index is 0.0689. The molecule has 9 heteroatoms. The first kappa shape index (κ1) is 17.9. The van der Waals surface area contributed by atoms with Crippen LogP contribution < -0.4 is 0 Å². The third-order valence-electron chi connectivity index (χ3n) is 2.51. The van der Waals surface area contributed by atoms with Crippen molar-refractivity contribution < 1.29 is 36.0 Å². The van der Waals surface area contributed by atoms with Gasteiger partial charge in [-0.15, -0.1) is 0 Å². The van der Waals surface area contributed by atoms with Gasteiger partial charge in [-0.1, -0.05) is 29.8 Å². The van der Waals surface area contributed by atoms with Gasteiger partial charge in [-0.05, 0) is 29.8 Å². The molecular formula is C13H11F3O5S. The summed E-state index contributed by atoms with van der Waals surface area (Å²) in [5.41, 5.74) is 1.05. The van der Waals surface area contributed by atoms with Gasteiger partial charge >= 0.3 is 12.1 Å². The van der Waals surface area contributed by atoms with E-state index in [0.717, 1.165) is 16.3 Å². The van der Waals surface area contributed by atoms with E-state index in [9.17, 15) is 21.6 Å². The number of hydrogen-bond acceptors (Lipinski definition) is 3. The topological polar surface area (TPSA) is 91.7 Å². The highest BCUT2D eigenvalue weighted by atomic mass is 32.2. The number of hydrogen-bond donors (Lipinski definition) is 2. The van der Waals surface area contributed by atoms with E-state index in [1.54, 1.807) is 6.07 Å². The average Bonchev–Trinajstić information content (AvgIpc) is 2.36. The van der Waals surface area contributed by atoms with Crippen molar-refractivity contribution in [2.75, 3.05) is 0 Å². The Bertz CT molecular complexity index is 797. The minimum atomic E-state index is -5.08. The van der Waals surface area contributed by atoms with Crippen LogP contribution in [0, 0.1) is 6.92 Å². The molecule has 22 heavy (non-hydrogen) atoms. The summed E-state index contributed by atoms with van der Waals surface area (Å²) in [6.45, 7) is 1.93. The van der Waals surface area contributed by atoms with E-state index in [2.05, 4.69) is 0 Å². The molecule has 0 radical (unpaired) electrons. The second-order valence-corrected chi connectivity index (χ2v) is 5.71. The minimum Gasteiger partial charge on any atom is -0.475 e. The Morgan fingerprint density at radius 2 is 1.55 bits per heavy atom. The maximum atomic E-state index is 10.9. The zero-order chi connectivity index (χ0) is 17.1. The molecule has 0 aliphatic rings. The summed E-state index contributed by atoms with van der Waals surface area (Å²) in [5, 5.41) is 8.89. The van der Waals surface area contributed by atoms with Gasteiger partial charge in [0.2, 0.25) is 0 Å². The number of fused-ring (bicyclic) bond motifs is 1. The van der Waals surface area contributed by atoms with Crippen LogP contribution in [0.25, 0.3) is 10.8 Å². The third-order valence-corrected chi connectivity index (χ3v) is 3.36. The first-order chi connectivity index (χ1) is 9.91. The van der Waals surface area contributed by atoms with Crippen molar-refractivity contribution in [1.82, 2.24) is 0 Å². The van der Waals surface area contributed by atoms with E-state index in [1.807, 2.05) is 25.1 Å². The Balaban J connectivity index is 0.000000295. The molecule has 2 rings (SSSR count). The Hall–Kier alpha value is -2.13. The number of alkyl halides is 3. The monoisotopic (exact) mass is 336 g/mol. The predicted molar refractivity (Wildman–Crippen MR) is 72.2 cm³/mol. The summed E-state index contributed by atoms with van der Waals surface area (Å²) in [4.78, 5) is 8.83. The number of aryl methyl sites for hydroxylation is 1. The number of carboxylic acids is 1. The molecule has 0 heterocycles. The van der Waals surface area contributed by atoms with Gasteiger partial charge in [0.05, 0.1) is 4.90 Å². The Morgan fingerprint density at radius 1 is 1.05 bits per heavy atom. The molecule has 0 saturated heterocycles. The molecule has 2 aromatic carbocycles. The van der Waals surface area contributed by atoms with Crippen molar-refractivity contribution in [1.29, 1.82) is 0 Å². The second kappa shape index (κ2) is 6.32. The van der Waals surface area contributed by atoms with Crippen molar-refractivity contribution in [2.45, 2.75) is 18.0 Å². The van der Waals surface area contributed by atoms with Crippen LogP contribution in [0.4, 0.5) is 13.2 Å². The highest BCUT2D eigenvalue weighted by Crippen LogP contribution is 2.20. The molecule has 0 spiro atoms. The van der Waals surface area contributed by atoms with Gasteiger partial charge in [-0.25, -0.2) is 4.79 Å². The summed E-state index contributed by atoms with van der Waals surface area (Å²) in [7, 11) is -4.11. The SMILES string of the molecule is Cc1ccc2ccc(S(=O)(=O)O)cc2c1.O=C(O)C(F)(F)F. The zero-order valence-corrected chi connectivity index (χ0v) is 11.9. The molecule has 0 atom stereocenters. The first-order valence-electron chi connectivity index (χ1n) is 5.69. The summed E-state index contributed by atoms with van der Waals surface area (Å²) >= 11 is 0. The molecule has 0 amide bonds. The van der Waals surface area contributed by atoms with Crippen molar-refractivity contribution in [3.05, 3.63) is 42.0 Å². The van der Waals surface area contributed by atoms with Crippen LogP contribution in [0.5, 0.6) is 0 Å². The van der Waals surface area contributed by atoms with Crippen LogP contribution in [0.1, 0.15) is 5.56 Å². The molecule has 5 nitrogen and oxygen atoms in total. The predicted octanol–water partition coefficient (Wildman–Crippen LogP) is 3.03. The van der Waals surface area contributed by atoms with E-state index < -0.39 is 22.3 Å². The van der Waals surface area contributed by atoms with Gasteiger partial charge in [0.1, 0.15) is 0 Å². The van der Waals surface area contributed by atoms with Crippen LogP contribution in [0.2, 0.25) is 0 Å². The largest absolute Gasteiger partial charge is 0.490 e. The number of halogens is 3. The Morgan fingerprint density at radius 3 is 2.00 bits per heavy atom. The van der Waals surface area contributed by atoms with E-state index in [1.165, 1.54) is 12.1 Å². The summed E-state index contributed by atoms with van der Waals surface area (Å²) < 4.78 is 62.5. The fraction of sp³-hybridized carbons (Fsp3) is 0.154. The number of rotatable bonds is 1. The lowest BCUT2D eigenvalue weighted by Crippen LogP contribution is -2.21. The zero-order valence-electron chi connectivity index (χ0n) is 11.1. The molecule has 2 N–H and O–H groups in total. The van der Waals surface area contributed by atoms with Gasteiger partial charge in [-0.2, -0.15) is 21.6 Å². The van der Waals surface area contributed by atoms with Crippen molar-refractivity contribution in [3.8, 4) is 0 Å². The Labute approximate surface area is 123 Å². The van der Waals surface area contributed by atoms with E-state index in [0.29, 0.717) is 0 Å².